The third kappa shape index (κ3) is 2.12. The van der Waals surface area contributed by atoms with Gasteiger partial charge in [0.2, 0.25) is 0 Å². The van der Waals surface area contributed by atoms with E-state index in [1.807, 2.05) is 10.6 Å². The normalized spacial score (nSPS) is 14.8. The molecule has 3 nitrogen and oxygen atoms in total. The van der Waals surface area contributed by atoms with Crippen molar-refractivity contribution in [1.29, 1.82) is 0 Å². The molecule has 0 radical (unpaired) electrons. The molecular weight excluding hydrogens is 335 g/mol. The number of nitrogens with zero attached hydrogens (tertiary/aromatic N) is 2. The summed E-state index contributed by atoms with van der Waals surface area (Å²) in [6.45, 7) is 0. The van der Waals surface area contributed by atoms with Crippen LogP contribution in [0.15, 0.2) is 40.9 Å². The number of hydrogen-bond acceptors (Lipinski definition) is 2. The van der Waals surface area contributed by atoms with Gasteiger partial charge in [0.25, 0.3) is 0 Å². The van der Waals surface area contributed by atoms with Crippen molar-refractivity contribution in [2.24, 2.45) is 0 Å². The molecule has 5 heteroatoms. The largest absolute Gasteiger partial charge is 0.507 e. The van der Waals surface area contributed by atoms with Gasteiger partial charge >= 0.3 is 0 Å². The van der Waals surface area contributed by atoms with Crippen LogP contribution in [0.1, 0.15) is 18.9 Å². The molecule has 3 aromatic rings. The van der Waals surface area contributed by atoms with Crippen molar-refractivity contribution >= 4 is 27.0 Å². The molecule has 0 spiro atoms. The van der Waals surface area contributed by atoms with Crippen LogP contribution in [0.2, 0.25) is 0 Å². The van der Waals surface area contributed by atoms with E-state index in [-0.39, 0.29) is 11.6 Å². The topological polar surface area (TPSA) is 38.1 Å². The number of rotatable bonds is 2. The van der Waals surface area contributed by atoms with Crippen LogP contribution >= 0.6 is 15.9 Å². The van der Waals surface area contributed by atoms with E-state index < -0.39 is 0 Å². The number of phenolic OH excluding ortho intramolecular Hbond substituents is 1. The molecule has 1 saturated carbocycles. The average Bonchev–Trinajstić information content (AvgIpc) is 3.22. The number of hydrogen-bond donors (Lipinski definition) is 1. The standard InChI is InChI=1S/C16H12BrFN2O/c17-9-1-6-15(21)12(7-9)16-19-13-5-2-10(18)8-14(13)20(16)11-3-4-11/h1-2,5-8,11,21H,3-4H2. The highest BCUT2D eigenvalue weighted by molar-refractivity contribution is 9.10. The van der Waals surface area contributed by atoms with Gasteiger partial charge in [0.15, 0.2) is 0 Å². The number of imidazole rings is 1. The second kappa shape index (κ2) is 4.56. The molecule has 0 unspecified atom stereocenters. The molecule has 2 aromatic carbocycles. The molecule has 1 N–H and O–H groups in total. The highest BCUT2D eigenvalue weighted by atomic mass is 79.9. The Morgan fingerprint density at radius 3 is 2.76 bits per heavy atom. The van der Waals surface area contributed by atoms with Crippen molar-refractivity contribution in [2.45, 2.75) is 18.9 Å². The van der Waals surface area contributed by atoms with Gasteiger partial charge in [-0.2, -0.15) is 0 Å². The molecule has 0 aliphatic heterocycles. The number of aromatic nitrogens is 2. The van der Waals surface area contributed by atoms with Crippen molar-refractivity contribution in [3.05, 3.63) is 46.7 Å². The maximum absolute atomic E-state index is 13.6. The molecule has 1 aliphatic carbocycles. The number of phenols is 1. The second-order valence-electron chi connectivity index (χ2n) is 5.33. The Bertz CT molecular complexity index is 855. The summed E-state index contributed by atoms with van der Waals surface area (Å²) in [7, 11) is 0. The molecule has 106 valence electrons. The minimum absolute atomic E-state index is 0.177. The predicted octanol–water partition coefficient (Wildman–Crippen LogP) is 4.65. The lowest BCUT2D eigenvalue weighted by molar-refractivity contribution is 0.476. The summed E-state index contributed by atoms with van der Waals surface area (Å²) in [6.07, 6.45) is 2.12. The van der Waals surface area contributed by atoms with Crippen LogP contribution in [0.5, 0.6) is 5.75 Å². The monoisotopic (exact) mass is 346 g/mol. The van der Waals surface area contributed by atoms with Crippen LogP contribution in [0.25, 0.3) is 22.4 Å². The van der Waals surface area contributed by atoms with Crippen LogP contribution in [-0.2, 0) is 0 Å². The quantitative estimate of drug-likeness (QED) is 0.733. The minimum atomic E-state index is -0.269. The smallest absolute Gasteiger partial charge is 0.145 e. The first-order valence-electron chi connectivity index (χ1n) is 6.80. The zero-order valence-electron chi connectivity index (χ0n) is 11.1. The van der Waals surface area contributed by atoms with Gasteiger partial charge in [0.1, 0.15) is 17.4 Å². The molecule has 1 aromatic heterocycles. The van der Waals surface area contributed by atoms with E-state index in [2.05, 4.69) is 20.9 Å². The van der Waals surface area contributed by atoms with Gasteiger partial charge in [-0.3, -0.25) is 0 Å². The minimum Gasteiger partial charge on any atom is -0.507 e. The summed E-state index contributed by atoms with van der Waals surface area (Å²) in [5, 5.41) is 10.1. The molecule has 0 amide bonds. The third-order valence-corrected chi connectivity index (χ3v) is 4.26. The maximum atomic E-state index is 13.6. The fraction of sp³-hybridized carbons (Fsp3) is 0.188. The zero-order chi connectivity index (χ0) is 14.6. The van der Waals surface area contributed by atoms with E-state index in [4.69, 9.17) is 0 Å². The molecule has 0 saturated heterocycles. The van der Waals surface area contributed by atoms with Crippen molar-refractivity contribution in [3.63, 3.8) is 0 Å². The fourth-order valence-electron chi connectivity index (χ4n) is 2.65. The maximum Gasteiger partial charge on any atom is 0.145 e. The summed E-state index contributed by atoms with van der Waals surface area (Å²) in [5.74, 6) is 0.599. The summed E-state index contributed by atoms with van der Waals surface area (Å²) >= 11 is 3.42. The first kappa shape index (κ1) is 12.8. The van der Waals surface area contributed by atoms with Crippen LogP contribution < -0.4 is 0 Å². The van der Waals surface area contributed by atoms with Crippen molar-refractivity contribution in [3.8, 4) is 17.1 Å². The molecule has 0 bridgehead atoms. The Morgan fingerprint density at radius 1 is 1.19 bits per heavy atom. The van der Waals surface area contributed by atoms with Crippen molar-refractivity contribution in [2.75, 3.05) is 0 Å². The highest BCUT2D eigenvalue weighted by Crippen LogP contribution is 2.43. The van der Waals surface area contributed by atoms with Crippen LogP contribution in [0.4, 0.5) is 4.39 Å². The van der Waals surface area contributed by atoms with Crippen LogP contribution in [-0.4, -0.2) is 14.7 Å². The Kier molecular flexibility index (Phi) is 2.79. The first-order chi connectivity index (χ1) is 10.1. The van der Waals surface area contributed by atoms with Gasteiger partial charge in [-0.05, 0) is 49.2 Å². The molecule has 1 heterocycles. The SMILES string of the molecule is Oc1ccc(Br)cc1-c1nc2ccc(F)cc2n1C1CC1. The number of aromatic hydroxyl groups is 1. The molecule has 1 fully saturated rings. The van der Waals surface area contributed by atoms with E-state index in [0.717, 1.165) is 28.3 Å². The van der Waals surface area contributed by atoms with E-state index >= 15 is 0 Å². The Morgan fingerprint density at radius 2 is 2.00 bits per heavy atom. The Balaban J connectivity index is 2.04. The van der Waals surface area contributed by atoms with Gasteiger partial charge < -0.3 is 9.67 Å². The molecule has 4 rings (SSSR count). The molecular formula is C16H12BrFN2O. The van der Waals surface area contributed by atoms with Crippen molar-refractivity contribution in [1.82, 2.24) is 9.55 Å². The zero-order valence-corrected chi connectivity index (χ0v) is 12.6. The Labute approximate surface area is 129 Å². The van der Waals surface area contributed by atoms with Gasteiger partial charge in [-0.1, -0.05) is 15.9 Å². The van der Waals surface area contributed by atoms with Gasteiger partial charge in [0.05, 0.1) is 16.6 Å². The lowest BCUT2D eigenvalue weighted by atomic mass is 10.2. The number of benzene rings is 2. The third-order valence-electron chi connectivity index (χ3n) is 3.76. The molecule has 1 aliphatic rings. The van der Waals surface area contributed by atoms with E-state index in [9.17, 15) is 9.50 Å². The lowest BCUT2D eigenvalue weighted by Gasteiger charge is -2.09. The van der Waals surface area contributed by atoms with Crippen molar-refractivity contribution < 1.29 is 9.50 Å². The lowest BCUT2D eigenvalue weighted by Crippen LogP contribution is -1.98. The summed E-state index contributed by atoms with van der Waals surface area (Å²) in [5.41, 5.74) is 2.19. The van der Waals surface area contributed by atoms with Gasteiger partial charge in [-0.25, -0.2) is 9.37 Å². The van der Waals surface area contributed by atoms with Gasteiger partial charge in [-0.15, -0.1) is 0 Å². The van der Waals surface area contributed by atoms with E-state index in [1.165, 1.54) is 12.1 Å². The average molecular weight is 347 g/mol. The summed E-state index contributed by atoms with van der Waals surface area (Å²) in [4.78, 5) is 4.60. The Hall–Kier alpha value is -1.88. The summed E-state index contributed by atoms with van der Waals surface area (Å²) in [6, 6.07) is 10.2. The number of halogens is 2. The number of fused-ring (bicyclic) bond motifs is 1. The van der Waals surface area contributed by atoms with Crippen LogP contribution in [0.3, 0.4) is 0 Å². The highest BCUT2D eigenvalue weighted by Gasteiger charge is 2.29. The second-order valence-corrected chi connectivity index (χ2v) is 6.25. The predicted molar refractivity (Wildman–Crippen MR) is 82.8 cm³/mol. The molecule has 0 atom stereocenters. The first-order valence-corrected chi connectivity index (χ1v) is 7.59. The summed E-state index contributed by atoms with van der Waals surface area (Å²) < 4.78 is 16.5. The molecule has 21 heavy (non-hydrogen) atoms. The van der Waals surface area contributed by atoms with Crippen LogP contribution in [0, 0.1) is 5.82 Å². The fourth-order valence-corrected chi connectivity index (χ4v) is 3.01. The van der Waals surface area contributed by atoms with Gasteiger partial charge in [0, 0.05) is 10.5 Å². The van der Waals surface area contributed by atoms with E-state index in [1.54, 1.807) is 18.2 Å². The van der Waals surface area contributed by atoms with E-state index in [0.29, 0.717) is 17.4 Å².